The molecule has 0 bridgehead atoms. The van der Waals surface area contributed by atoms with E-state index in [2.05, 4.69) is 5.32 Å². The maximum absolute atomic E-state index is 11.7. The van der Waals surface area contributed by atoms with Crippen molar-refractivity contribution in [3.05, 3.63) is 23.8 Å². The van der Waals surface area contributed by atoms with Crippen molar-refractivity contribution in [3.63, 3.8) is 0 Å². The molecule has 1 aromatic rings. The summed E-state index contributed by atoms with van der Waals surface area (Å²) in [5.41, 5.74) is 6.63. The van der Waals surface area contributed by atoms with Crippen LogP contribution in [0.4, 0.5) is 0 Å². The molecule has 2 unspecified atom stereocenters. The Balaban J connectivity index is 2.82. The molecule has 19 heavy (non-hydrogen) atoms. The van der Waals surface area contributed by atoms with E-state index in [-0.39, 0.29) is 11.9 Å². The van der Waals surface area contributed by atoms with E-state index in [9.17, 15) is 4.79 Å². The number of carbonyl (C=O) groups is 1. The first-order chi connectivity index (χ1) is 9.03. The van der Waals surface area contributed by atoms with Crippen LogP contribution in [0, 0.1) is 0 Å². The molecule has 0 saturated heterocycles. The predicted molar refractivity (Wildman–Crippen MR) is 74.4 cm³/mol. The molecule has 1 amide bonds. The van der Waals surface area contributed by atoms with Crippen molar-refractivity contribution in [2.75, 3.05) is 14.2 Å². The van der Waals surface area contributed by atoms with E-state index in [0.29, 0.717) is 17.9 Å². The van der Waals surface area contributed by atoms with Crippen LogP contribution in [-0.2, 0) is 4.79 Å². The van der Waals surface area contributed by atoms with E-state index in [1.165, 1.54) is 0 Å². The summed E-state index contributed by atoms with van der Waals surface area (Å²) >= 11 is 0. The van der Waals surface area contributed by atoms with E-state index in [1.807, 2.05) is 32.0 Å². The lowest BCUT2D eigenvalue weighted by atomic mass is 10.1. The highest BCUT2D eigenvalue weighted by Gasteiger charge is 2.16. The summed E-state index contributed by atoms with van der Waals surface area (Å²) < 4.78 is 10.4. The van der Waals surface area contributed by atoms with E-state index in [1.54, 1.807) is 14.2 Å². The minimum absolute atomic E-state index is 0.134. The lowest BCUT2D eigenvalue weighted by Crippen LogP contribution is -2.41. The maximum atomic E-state index is 11.7. The van der Waals surface area contributed by atoms with Crippen LogP contribution in [0.2, 0.25) is 0 Å². The van der Waals surface area contributed by atoms with Gasteiger partial charge >= 0.3 is 0 Å². The first-order valence-electron chi connectivity index (χ1n) is 6.31. The van der Waals surface area contributed by atoms with Crippen molar-refractivity contribution in [1.82, 2.24) is 5.32 Å². The van der Waals surface area contributed by atoms with Gasteiger partial charge in [0.25, 0.3) is 0 Å². The molecule has 0 aliphatic rings. The summed E-state index contributed by atoms with van der Waals surface area (Å²) in [6, 6.07) is 4.95. The second-order valence-corrected chi connectivity index (χ2v) is 4.36. The Bertz CT molecular complexity index is 435. The van der Waals surface area contributed by atoms with Crippen molar-refractivity contribution in [2.24, 2.45) is 5.73 Å². The van der Waals surface area contributed by atoms with Crippen LogP contribution in [0.5, 0.6) is 11.5 Å². The van der Waals surface area contributed by atoms with Gasteiger partial charge in [0.15, 0.2) is 11.5 Å². The third-order valence-electron chi connectivity index (χ3n) is 3.04. The quantitative estimate of drug-likeness (QED) is 0.820. The summed E-state index contributed by atoms with van der Waals surface area (Å²) in [5.74, 6) is 1.15. The third-order valence-corrected chi connectivity index (χ3v) is 3.04. The average molecular weight is 266 g/mol. The minimum atomic E-state index is -0.470. The van der Waals surface area contributed by atoms with Gasteiger partial charge in [-0.05, 0) is 31.0 Å². The van der Waals surface area contributed by atoms with E-state index in [4.69, 9.17) is 15.2 Å². The van der Waals surface area contributed by atoms with Gasteiger partial charge in [0.2, 0.25) is 5.91 Å². The van der Waals surface area contributed by atoms with Gasteiger partial charge in [-0.1, -0.05) is 13.0 Å². The summed E-state index contributed by atoms with van der Waals surface area (Å²) in [6.07, 6.45) is 0.616. The first kappa shape index (κ1) is 15.3. The van der Waals surface area contributed by atoms with Crippen molar-refractivity contribution in [2.45, 2.75) is 32.4 Å². The topological polar surface area (TPSA) is 73.6 Å². The number of ether oxygens (including phenoxy) is 2. The molecule has 0 heterocycles. The Kier molecular flexibility index (Phi) is 5.63. The van der Waals surface area contributed by atoms with Gasteiger partial charge in [0.05, 0.1) is 26.3 Å². The summed E-state index contributed by atoms with van der Waals surface area (Å²) in [6.45, 7) is 3.78. The highest BCUT2D eigenvalue weighted by Crippen LogP contribution is 2.29. The number of rotatable bonds is 6. The van der Waals surface area contributed by atoms with Crippen LogP contribution in [0.1, 0.15) is 31.9 Å². The molecular formula is C14H22N2O3. The lowest BCUT2D eigenvalue weighted by Gasteiger charge is -2.18. The summed E-state index contributed by atoms with van der Waals surface area (Å²) in [7, 11) is 3.17. The summed E-state index contributed by atoms with van der Waals surface area (Å²) in [5, 5.41) is 2.88. The molecule has 1 rings (SSSR count). The zero-order chi connectivity index (χ0) is 14.4. The second kappa shape index (κ2) is 6.99. The molecule has 0 aliphatic heterocycles. The molecule has 0 fully saturated rings. The molecule has 0 aromatic heterocycles. The van der Waals surface area contributed by atoms with E-state index in [0.717, 1.165) is 5.56 Å². The molecule has 0 saturated carbocycles. The van der Waals surface area contributed by atoms with Crippen molar-refractivity contribution < 1.29 is 14.3 Å². The Morgan fingerprint density at radius 1 is 1.32 bits per heavy atom. The molecule has 3 N–H and O–H groups in total. The fraction of sp³-hybridized carbons (Fsp3) is 0.500. The van der Waals surface area contributed by atoms with Crippen molar-refractivity contribution >= 4 is 5.91 Å². The molecule has 2 atom stereocenters. The van der Waals surface area contributed by atoms with Crippen LogP contribution in [0.3, 0.4) is 0 Å². The van der Waals surface area contributed by atoms with Gasteiger partial charge in [-0.2, -0.15) is 0 Å². The Morgan fingerprint density at radius 2 is 1.95 bits per heavy atom. The number of hydrogen-bond acceptors (Lipinski definition) is 4. The van der Waals surface area contributed by atoms with Crippen LogP contribution in [0.25, 0.3) is 0 Å². The Hall–Kier alpha value is -1.75. The standard InChI is InChI=1S/C14H22N2O3/c1-5-11(15)14(17)16-9(2)10-6-7-12(18-3)13(8-10)19-4/h6-9,11H,5,15H2,1-4H3,(H,16,17). The SMILES string of the molecule is CCC(N)C(=O)NC(C)c1ccc(OC)c(OC)c1. The monoisotopic (exact) mass is 266 g/mol. The van der Waals surface area contributed by atoms with Crippen LogP contribution < -0.4 is 20.5 Å². The van der Waals surface area contributed by atoms with Gasteiger partial charge in [0.1, 0.15) is 0 Å². The average Bonchev–Trinajstić information content (AvgIpc) is 2.45. The lowest BCUT2D eigenvalue weighted by molar-refractivity contribution is -0.123. The van der Waals surface area contributed by atoms with Crippen LogP contribution >= 0.6 is 0 Å². The number of amides is 1. The molecule has 0 spiro atoms. The zero-order valence-electron chi connectivity index (χ0n) is 11.9. The Labute approximate surface area is 114 Å². The largest absolute Gasteiger partial charge is 0.493 e. The van der Waals surface area contributed by atoms with E-state index >= 15 is 0 Å². The van der Waals surface area contributed by atoms with Gasteiger partial charge in [-0.25, -0.2) is 0 Å². The molecule has 106 valence electrons. The number of nitrogens with one attached hydrogen (secondary N) is 1. The highest BCUT2D eigenvalue weighted by atomic mass is 16.5. The van der Waals surface area contributed by atoms with Gasteiger partial charge in [-0.3, -0.25) is 4.79 Å². The fourth-order valence-electron chi connectivity index (χ4n) is 1.71. The summed E-state index contributed by atoms with van der Waals surface area (Å²) in [4.78, 5) is 11.7. The number of carbonyl (C=O) groups excluding carboxylic acids is 1. The number of benzene rings is 1. The predicted octanol–water partition coefficient (Wildman–Crippen LogP) is 1.62. The number of methoxy groups -OCH3 is 2. The van der Waals surface area contributed by atoms with Crippen molar-refractivity contribution in [3.8, 4) is 11.5 Å². The minimum Gasteiger partial charge on any atom is -0.493 e. The number of hydrogen-bond donors (Lipinski definition) is 2. The molecule has 5 nitrogen and oxygen atoms in total. The molecule has 5 heteroatoms. The van der Waals surface area contributed by atoms with Gasteiger partial charge in [0, 0.05) is 0 Å². The van der Waals surface area contributed by atoms with Crippen LogP contribution in [-0.4, -0.2) is 26.2 Å². The highest BCUT2D eigenvalue weighted by molar-refractivity contribution is 5.81. The van der Waals surface area contributed by atoms with Gasteiger partial charge in [-0.15, -0.1) is 0 Å². The smallest absolute Gasteiger partial charge is 0.237 e. The normalized spacial score (nSPS) is 13.5. The number of nitrogens with two attached hydrogens (primary N) is 1. The molecule has 1 aromatic carbocycles. The first-order valence-corrected chi connectivity index (χ1v) is 6.31. The van der Waals surface area contributed by atoms with Gasteiger partial charge < -0.3 is 20.5 Å². The second-order valence-electron chi connectivity index (χ2n) is 4.36. The van der Waals surface area contributed by atoms with Crippen LogP contribution in [0.15, 0.2) is 18.2 Å². The Morgan fingerprint density at radius 3 is 2.47 bits per heavy atom. The molecular weight excluding hydrogens is 244 g/mol. The zero-order valence-corrected chi connectivity index (χ0v) is 11.9. The molecule has 0 aliphatic carbocycles. The van der Waals surface area contributed by atoms with E-state index < -0.39 is 6.04 Å². The van der Waals surface area contributed by atoms with Crippen molar-refractivity contribution in [1.29, 1.82) is 0 Å². The fourth-order valence-corrected chi connectivity index (χ4v) is 1.71. The maximum Gasteiger partial charge on any atom is 0.237 e. The third kappa shape index (κ3) is 3.86. The molecule has 0 radical (unpaired) electrons.